The largest absolute Gasteiger partial charge is 0.383 e. The third kappa shape index (κ3) is 3.14. The molecule has 110 valence electrons. The van der Waals surface area contributed by atoms with Crippen LogP contribution in [0, 0.1) is 0 Å². The van der Waals surface area contributed by atoms with Gasteiger partial charge in [0.25, 0.3) is 0 Å². The summed E-state index contributed by atoms with van der Waals surface area (Å²) in [5.74, 6) is 1.49. The van der Waals surface area contributed by atoms with Crippen molar-refractivity contribution >= 4 is 53.6 Å². The molecule has 0 radical (unpaired) electrons. The van der Waals surface area contributed by atoms with Crippen molar-refractivity contribution in [2.24, 2.45) is 0 Å². The normalized spacial score (nSPS) is 15.6. The topological polar surface area (TPSA) is 64.7 Å². The first-order valence-electron chi connectivity index (χ1n) is 6.70. The lowest BCUT2D eigenvalue weighted by molar-refractivity contribution is 0.691. The van der Waals surface area contributed by atoms with E-state index in [9.17, 15) is 0 Å². The third-order valence-corrected chi connectivity index (χ3v) is 5.51. The molecule has 1 saturated carbocycles. The molecule has 1 aliphatic rings. The highest BCUT2D eigenvalue weighted by Gasteiger charge is 2.24. The zero-order chi connectivity index (χ0) is 15.0. The van der Waals surface area contributed by atoms with Crippen LogP contribution in [0.3, 0.4) is 0 Å². The first-order chi connectivity index (χ1) is 10.1. The van der Waals surface area contributed by atoms with Gasteiger partial charge in [-0.25, -0.2) is 9.97 Å². The van der Waals surface area contributed by atoms with E-state index in [0.29, 0.717) is 23.3 Å². The molecule has 0 atom stereocenters. The van der Waals surface area contributed by atoms with Gasteiger partial charge in [0.05, 0.1) is 10.2 Å². The molecule has 2 heterocycles. The second-order valence-electron chi connectivity index (χ2n) is 5.10. The van der Waals surface area contributed by atoms with E-state index < -0.39 is 0 Å². The highest BCUT2D eigenvalue weighted by atomic mass is 79.9. The first-order valence-corrected chi connectivity index (χ1v) is 9.08. The molecular formula is C14H13Br3N4. The second-order valence-corrected chi connectivity index (χ2v) is 7.66. The average Bonchev–Trinajstić information content (AvgIpc) is 2.96. The maximum Gasteiger partial charge on any atom is 0.181 e. The lowest BCUT2D eigenvalue weighted by Crippen LogP contribution is -2.06. The van der Waals surface area contributed by atoms with Crippen LogP contribution in [-0.2, 0) is 0 Å². The van der Waals surface area contributed by atoms with E-state index in [4.69, 9.17) is 10.7 Å². The molecular weight excluding hydrogens is 464 g/mol. The van der Waals surface area contributed by atoms with Gasteiger partial charge in [0, 0.05) is 21.1 Å². The summed E-state index contributed by atoms with van der Waals surface area (Å²) in [6.07, 6.45) is 6.54. The minimum Gasteiger partial charge on any atom is -0.383 e. The van der Waals surface area contributed by atoms with Crippen molar-refractivity contribution in [3.8, 4) is 11.5 Å². The predicted molar refractivity (Wildman–Crippen MR) is 94.0 cm³/mol. The van der Waals surface area contributed by atoms with Crippen molar-refractivity contribution in [1.29, 1.82) is 0 Å². The average molecular weight is 477 g/mol. The number of hydrogen-bond donors (Lipinski definition) is 1. The summed E-state index contributed by atoms with van der Waals surface area (Å²) in [5.41, 5.74) is 7.77. The minimum atomic E-state index is 0.456. The molecule has 21 heavy (non-hydrogen) atoms. The van der Waals surface area contributed by atoms with Crippen molar-refractivity contribution in [3.63, 3.8) is 0 Å². The highest BCUT2D eigenvalue weighted by Crippen LogP contribution is 2.39. The number of pyridine rings is 1. The van der Waals surface area contributed by atoms with Gasteiger partial charge in [-0.2, -0.15) is 0 Å². The Morgan fingerprint density at radius 1 is 1.10 bits per heavy atom. The number of anilines is 1. The predicted octanol–water partition coefficient (Wildman–Crippen LogP) is 5.07. The zero-order valence-corrected chi connectivity index (χ0v) is 15.9. The Morgan fingerprint density at radius 2 is 1.81 bits per heavy atom. The second kappa shape index (κ2) is 6.30. The van der Waals surface area contributed by atoms with Gasteiger partial charge in [-0.1, -0.05) is 12.8 Å². The van der Waals surface area contributed by atoms with Gasteiger partial charge in [0.1, 0.15) is 11.5 Å². The van der Waals surface area contributed by atoms with Crippen LogP contribution < -0.4 is 5.73 Å². The molecule has 0 amide bonds. The molecule has 2 aromatic heterocycles. The molecule has 3 rings (SSSR count). The Kier molecular flexibility index (Phi) is 4.61. The van der Waals surface area contributed by atoms with E-state index in [1.807, 2.05) is 6.07 Å². The van der Waals surface area contributed by atoms with Crippen LogP contribution >= 0.6 is 47.8 Å². The monoisotopic (exact) mass is 474 g/mol. The van der Waals surface area contributed by atoms with Gasteiger partial charge < -0.3 is 5.73 Å². The number of nitrogen functional groups attached to an aromatic ring is 1. The van der Waals surface area contributed by atoms with E-state index in [0.717, 1.165) is 32.0 Å². The van der Waals surface area contributed by atoms with Crippen molar-refractivity contribution in [1.82, 2.24) is 15.0 Å². The summed E-state index contributed by atoms with van der Waals surface area (Å²) in [7, 11) is 0. The van der Waals surface area contributed by atoms with Crippen molar-refractivity contribution in [2.75, 3.05) is 5.73 Å². The number of nitrogens with two attached hydrogens (primary N) is 1. The Morgan fingerprint density at radius 3 is 2.48 bits per heavy atom. The summed E-state index contributed by atoms with van der Waals surface area (Å²) in [6.45, 7) is 0. The summed E-state index contributed by atoms with van der Waals surface area (Å²) >= 11 is 10.4. The zero-order valence-electron chi connectivity index (χ0n) is 11.1. The molecule has 0 saturated heterocycles. The van der Waals surface area contributed by atoms with Crippen molar-refractivity contribution in [2.45, 2.75) is 31.6 Å². The molecule has 0 spiro atoms. The number of halogens is 3. The van der Waals surface area contributed by atoms with Gasteiger partial charge in [0.2, 0.25) is 0 Å². The Hall–Kier alpha value is -0.530. The number of hydrogen-bond acceptors (Lipinski definition) is 4. The summed E-state index contributed by atoms with van der Waals surface area (Å²) in [4.78, 5) is 13.5. The van der Waals surface area contributed by atoms with Gasteiger partial charge in [-0.3, -0.25) is 4.98 Å². The van der Waals surface area contributed by atoms with E-state index >= 15 is 0 Å². The van der Waals surface area contributed by atoms with Gasteiger partial charge in [0.15, 0.2) is 5.82 Å². The highest BCUT2D eigenvalue weighted by molar-refractivity contribution is 9.11. The smallest absolute Gasteiger partial charge is 0.181 e. The van der Waals surface area contributed by atoms with Crippen LogP contribution in [0.1, 0.15) is 37.3 Å². The molecule has 0 aromatic carbocycles. The molecule has 2 aromatic rings. The van der Waals surface area contributed by atoms with Crippen LogP contribution in [-0.4, -0.2) is 15.0 Å². The SMILES string of the molecule is Nc1nc(-c2ncc(Br)cc2Br)nc(C2CCCC2)c1Br. The number of rotatable bonds is 2. The molecule has 0 bridgehead atoms. The summed E-state index contributed by atoms with van der Waals surface area (Å²) in [5, 5.41) is 0. The number of aromatic nitrogens is 3. The molecule has 4 nitrogen and oxygen atoms in total. The summed E-state index contributed by atoms with van der Waals surface area (Å²) < 4.78 is 2.57. The Labute approximate surface area is 148 Å². The number of nitrogens with zero attached hydrogens (tertiary/aromatic N) is 3. The Bertz CT molecular complexity index is 684. The van der Waals surface area contributed by atoms with Crippen LogP contribution in [0.4, 0.5) is 5.82 Å². The lowest BCUT2D eigenvalue weighted by atomic mass is 10.0. The van der Waals surface area contributed by atoms with E-state index in [1.165, 1.54) is 12.8 Å². The fourth-order valence-corrected chi connectivity index (χ4v) is 4.30. The Balaban J connectivity index is 2.10. The standard InChI is InChI=1S/C14H13Br3N4/c15-8-5-9(16)12(19-6-8)14-20-11(7-3-1-2-4-7)10(17)13(18)21-14/h5-7H,1-4H2,(H2,18,20,21). The molecule has 1 fully saturated rings. The van der Waals surface area contributed by atoms with E-state index in [-0.39, 0.29) is 0 Å². The van der Waals surface area contributed by atoms with Crippen molar-refractivity contribution in [3.05, 3.63) is 31.4 Å². The maximum atomic E-state index is 6.06. The van der Waals surface area contributed by atoms with Crippen LogP contribution in [0.25, 0.3) is 11.5 Å². The van der Waals surface area contributed by atoms with Crippen LogP contribution in [0.15, 0.2) is 25.7 Å². The molecule has 0 unspecified atom stereocenters. The van der Waals surface area contributed by atoms with E-state index in [2.05, 4.69) is 57.8 Å². The fraction of sp³-hybridized carbons (Fsp3) is 0.357. The first kappa shape index (κ1) is 15.4. The molecule has 0 aliphatic heterocycles. The minimum absolute atomic E-state index is 0.456. The molecule has 2 N–H and O–H groups in total. The fourth-order valence-electron chi connectivity index (χ4n) is 2.64. The van der Waals surface area contributed by atoms with Gasteiger partial charge in [-0.05, 0) is 66.7 Å². The quantitative estimate of drug-likeness (QED) is 0.657. The van der Waals surface area contributed by atoms with Crippen molar-refractivity contribution < 1.29 is 0 Å². The molecule has 1 aliphatic carbocycles. The lowest BCUT2D eigenvalue weighted by Gasteiger charge is -2.14. The van der Waals surface area contributed by atoms with Gasteiger partial charge in [-0.15, -0.1) is 0 Å². The molecule has 7 heteroatoms. The third-order valence-electron chi connectivity index (χ3n) is 3.66. The van der Waals surface area contributed by atoms with Crippen LogP contribution in [0.5, 0.6) is 0 Å². The maximum absolute atomic E-state index is 6.06. The van der Waals surface area contributed by atoms with E-state index in [1.54, 1.807) is 6.20 Å². The summed E-state index contributed by atoms with van der Waals surface area (Å²) in [6, 6.07) is 1.93. The van der Waals surface area contributed by atoms with Gasteiger partial charge >= 0.3 is 0 Å². The van der Waals surface area contributed by atoms with Crippen LogP contribution in [0.2, 0.25) is 0 Å².